The molecule has 6 nitrogen and oxygen atoms in total. The average Bonchev–Trinajstić information content (AvgIpc) is 2.53. The number of likely N-dealkylation sites (N-methyl/N-ethyl adjacent to an activating group) is 6. The van der Waals surface area contributed by atoms with Crippen molar-refractivity contribution in [2.45, 2.75) is 6.42 Å². The van der Waals surface area contributed by atoms with Crippen molar-refractivity contribution < 1.29 is 0 Å². The zero-order valence-electron chi connectivity index (χ0n) is 17.2. The van der Waals surface area contributed by atoms with Gasteiger partial charge in [-0.2, -0.15) is 0 Å². The van der Waals surface area contributed by atoms with Crippen molar-refractivity contribution in [3.63, 3.8) is 0 Å². The smallest absolute Gasteiger partial charge is 0.0501 e. The van der Waals surface area contributed by atoms with Crippen LogP contribution in [-0.4, -0.2) is 144 Å². The van der Waals surface area contributed by atoms with E-state index in [4.69, 9.17) is 0 Å². The minimum Gasteiger partial charge on any atom is -0.305 e. The summed E-state index contributed by atoms with van der Waals surface area (Å²) < 4.78 is 0. The minimum absolute atomic E-state index is 1.05. The van der Waals surface area contributed by atoms with E-state index < -0.39 is 0 Å². The monoisotopic (exact) mass is 342 g/mol. The molecule has 1 aliphatic rings. The zero-order chi connectivity index (χ0) is 17.9. The lowest BCUT2D eigenvalue weighted by molar-refractivity contribution is 0.146. The predicted octanol–water partition coefficient (Wildman–Crippen LogP) is -0.0616. The van der Waals surface area contributed by atoms with Crippen LogP contribution < -0.4 is 0 Å². The molecule has 144 valence electrons. The molecule has 0 unspecified atom stereocenters. The molecule has 0 saturated carbocycles. The SMILES string of the molecule is CN1CCCN(C)CCN(C)CN(C)CCN(C)CCN(C)CC1. The molecule has 0 amide bonds. The van der Waals surface area contributed by atoms with Crippen molar-refractivity contribution in [2.75, 3.05) is 114 Å². The van der Waals surface area contributed by atoms with Crippen LogP contribution in [0.5, 0.6) is 0 Å². The molecule has 1 fully saturated rings. The van der Waals surface area contributed by atoms with Crippen LogP contribution in [0.1, 0.15) is 6.42 Å². The Morgan fingerprint density at radius 2 is 0.583 bits per heavy atom. The van der Waals surface area contributed by atoms with E-state index in [2.05, 4.69) is 71.7 Å². The Bertz CT molecular complexity index is 314. The van der Waals surface area contributed by atoms with Gasteiger partial charge in [0.1, 0.15) is 0 Å². The van der Waals surface area contributed by atoms with Crippen LogP contribution >= 0.6 is 0 Å². The molecule has 0 N–H and O–H groups in total. The maximum atomic E-state index is 2.47. The van der Waals surface area contributed by atoms with Crippen LogP contribution in [0.25, 0.3) is 0 Å². The molecule has 0 aromatic heterocycles. The number of hydrogen-bond donors (Lipinski definition) is 0. The fourth-order valence-corrected chi connectivity index (χ4v) is 2.98. The van der Waals surface area contributed by atoms with Gasteiger partial charge < -0.3 is 19.6 Å². The largest absolute Gasteiger partial charge is 0.305 e. The third kappa shape index (κ3) is 10.6. The number of nitrogens with zero attached hydrogens (tertiary/aromatic N) is 6. The van der Waals surface area contributed by atoms with Gasteiger partial charge in [-0.15, -0.1) is 0 Å². The lowest BCUT2D eigenvalue weighted by atomic mass is 10.3. The van der Waals surface area contributed by atoms with Crippen molar-refractivity contribution in [3.8, 4) is 0 Å². The van der Waals surface area contributed by atoms with Gasteiger partial charge in [0.05, 0.1) is 6.67 Å². The summed E-state index contributed by atoms with van der Waals surface area (Å²) in [5, 5.41) is 0. The predicted molar refractivity (Wildman–Crippen MR) is 105 cm³/mol. The van der Waals surface area contributed by atoms with E-state index in [1.165, 1.54) is 19.5 Å². The molecule has 0 aromatic rings. The summed E-state index contributed by atoms with van der Waals surface area (Å²) in [6.07, 6.45) is 1.25. The summed E-state index contributed by atoms with van der Waals surface area (Å²) in [6, 6.07) is 0. The van der Waals surface area contributed by atoms with E-state index in [1.807, 2.05) is 0 Å². The van der Waals surface area contributed by atoms with E-state index in [0.717, 1.165) is 59.0 Å². The Kier molecular flexibility index (Phi) is 11.1. The molecule has 6 heteroatoms. The van der Waals surface area contributed by atoms with Crippen LogP contribution in [0.2, 0.25) is 0 Å². The van der Waals surface area contributed by atoms with E-state index in [1.54, 1.807) is 0 Å². The van der Waals surface area contributed by atoms with Gasteiger partial charge >= 0.3 is 0 Å². The second-order valence-corrected chi connectivity index (χ2v) is 7.87. The van der Waals surface area contributed by atoms with Crippen molar-refractivity contribution >= 4 is 0 Å². The summed E-state index contributed by atoms with van der Waals surface area (Å²) in [5.74, 6) is 0. The highest BCUT2D eigenvalue weighted by molar-refractivity contribution is 4.64. The van der Waals surface area contributed by atoms with E-state index in [-0.39, 0.29) is 0 Å². The Hall–Kier alpha value is -0.240. The first-order valence-electron chi connectivity index (χ1n) is 9.48. The van der Waals surface area contributed by atoms with Gasteiger partial charge in [-0.1, -0.05) is 0 Å². The van der Waals surface area contributed by atoms with Gasteiger partial charge in [-0.25, -0.2) is 0 Å². The highest BCUT2D eigenvalue weighted by Gasteiger charge is 2.09. The molecule has 1 aliphatic heterocycles. The summed E-state index contributed by atoms with van der Waals surface area (Å²) in [5.41, 5.74) is 0. The zero-order valence-corrected chi connectivity index (χ0v) is 17.2. The van der Waals surface area contributed by atoms with Crippen molar-refractivity contribution in [1.29, 1.82) is 0 Å². The van der Waals surface area contributed by atoms with E-state index in [9.17, 15) is 0 Å². The summed E-state index contributed by atoms with van der Waals surface area (Å²) in [4.78, 5) is 14.7. The lowest BCUT2D eigenvalue weighted by Gasteiger charge is -2.29. The maximum Gasteiger partial charge on any atom is 0.0501 e. The highest BCUT2D eigenvalue weighted by atomic mass is 15.3. The molecule has 1 rings (SSSR count). The first-order valence-corrected chi connectivity index (χ1v) is 9.48. The average molecular weight is 343 g/mol. The first-order chi connectivity index (χ1) is 11.4. The minimum atomic E-state index is 1.05. The number of rotatable bonds is 0. The van der Waals surface area contributed by atoms with Crippen molar-refractivity contribution in [1.82, 2.24) is 29.4 Å². The molecule has 0 spiro atoms. The maximum absolute atomic E-state index is 2.47. The highest BCUT2D eigenvalue weighted by Crippen LogP contribution is 1.96. The van der Waals surface area contributed by atoms with E-state index >= 15 is 0 Å². The van der Waals surface area contributed by atoms with Gasteiger partial charge in [0.25, 0.3) is 0 Å². The van der Waals surface area contributed by atoms with Crippen LogP contribution in [0.15, 0.2) is 0 Å². The second-order valence-electron chi connectivity index (χ2n) is 7.87. The Morgan fingerprint density at radius 3 is 0.917 bits per heavy atom. The molecular weight excluding hydrogens is 300 g/mol. The molecule has 0 bridgehead atoms. The summed E-state index contributed by atoms with van der Waals surface area (Å²) in [7, 11) is 13.4. The van der Waals surface area contributed by atoms with Gasteiger partial charge in [0.15, 0.2) is 0 Å². The molecule has 24 heavy (non-hydrogen) atoms. The van der Waals surface area contributed by atoms with E-state index in [0.29, 0.717) is 0 Å². The van der Waals surface area contributed by atoms with Gasteiger partial charge in [-0.05, 0) is 61.8 Å². The van der Waals surface area contributed by atoms with Gasteiger partial charge in [0.2, 0.25) is 0 Å². The van der Waals surface area contributed by atoms with Crippen LogP contribution in [0.3, 0.4) is 0 Å². The summed E-state index contributed by atoms with van der Waals surface area (Å²) >= 11 is 0. The second kappa shape index (κ2) is 12.2. The molecule has 0 atom stereocenters. The lowest BCUT2D eigenvalue weighted by Crippen LogP contribution is -2.42. The van der Waals surface area contributed by atoms with Gasteiger partial charge in [0, 0.05) is 52.4 Å². The Labute approximate surface area is 150 Å². The van der Waals surface area contributed by atoms with Gasteiger partial charge in [-0.3, -0.25) is 9.80 Å². The standard InChI is InChI=1S/C18H42N6/c1-19-8-7-9-20(2)14-16-23(5)18-24(6)17-15-22(4)13-12-21(3)11-10-19/h7-18H2,1-6H3. The molecular formula is C18H42N6. The normalized spacial score (nSPS) is 26.2. The third-order valence-electron chi connectivity index (χ3n) is 5.02. The van der Waals surface area contributed by atoms with Crippen LogP contribution in [0.4, 0.5) is 0 Å². The topological polar surface area (TPSA) is 19.4 Å². The Balaban J connectivity index is 2.48. The molecule has 0 aliphatic carbocycles. The molecule has 1 heterocycles. The summed E-state index contributed by atoms with van der Waals surface area (Å²) in [6.45, 7) is 12.6. The fourth-order valence-electron chi connectivity index (χ4n) is 2.98. The molecule has 0 aromatic carbocycles. The molecule has 0 radical (unpaired) electrons. The van der Waals surface area contributed by atoms with Crippen LogP contribution in [0, 0.1) is 0 Å². The quantitative estimate of drug-likeness (QED) is 0.610. The molecule has 1 saturated heterocycles. The first kappa shape index (κ1) is 21.8. The Morgan fingerprint density at radius 1 is 0.333 bits per heavy atom. The van der Waals surface area contributed by atoms with Crippen molar-refractivity contribution in [3.05, 3.63) is 0 Å². The third-order valence-corrected chi connectivity index (χ3v) is 5.02. The van der Waals surface area contributed by atoms with Crippen LogP contribution in [-0.2, 0) is 0 Å². The number of hydrogen-bond acceptors (Lipinski definition) is 6. The van der Waals surface area contributed by atoms with Crippen molar-refractivity contribution in [2.24, 2.45) is 0 Å². The fraction of sp³-hybridized carbons (Fsp3) is 1.00.